The minimum atomic E-state index is 0.393. The van der Waals surface area contributed by atoms with Gasteiger partial charge in [-0.15, -0.1) is 0 Å². The largest absolute Gasteiger partial charge is 0.293 e. The molecule has 0 spiro atoms. The molecule has 2 heterocycles. The van der Waals surface area contributed by atoms with Crippen molar-refractivity contribution in [2.75, 3.05) is 0 Å². The monoisotopic (exact) mass is 195 g/mol. The number of hydrogen-bond acceptors (Lipinski definition) is 1. The van der Waals surface area contributed by atoms with Gasteiger partial charge in [0.05, 0.1) is 0 Å². The Morgan fingerprint density at radius 3 is 1.93 bits per heavy atom. The van der Waals surface area contributed by atoms with Crippen LogP contribution in [0.4, 0.5) is 0 Å². The van der Waals surface area contributed by atoms with E-state index in [2.05, 4.69) is 32.6 Å². The average molecular weight is 195 g/mol. The highest BCUT2D eigenvalue weighted by Gasteiger charge is 2.44. The van der Waals surface area contributed by atoms with Gasteiger partial charge in [-0.3, -0.25) is 4.90 Å². The van der Waals surface area contributed by atoms with Gasteiger partial charge in [0.25, 0.3) is 0 Å². The van der Waals surface area contributed by atoms with Crippen molar-refractivity contribution >= 4 is 0 Å². The van der Waals surface area contributed by atoms with E-state index in [1.54, 1.807) is 0 Å². The predicted octanol–water partition coefficient (Wildman–Crippen LogP) is 3.44. The summed E-state index contributed by atoms with van der Waals surface area (Å²) < 4.78 is 0. The van der Waals surface area contributed by atoms with Crippen molar-refractivity contribution in [3.8, 4) is 0 Å². The zero-order valence-corrected chi connectivity index (χ0v) is 10.2. The molecule has 0 aromatic carbocycles. The van der Waals surface area contributed by atoms with Gasteiger partial charge in [0.1, 0.15) is 0 Å². The van der Waals surface area contributed by atoms with Gasteiger partial charge in [0.2, 0.25) is 0 Å². The Morgan fingerprint density at radius 2 is 1.57 bits per heavy atom. The lowest BCUT2D eigenvalue weighted by atomic mass is 9.86. The van der Waals surface area contributed by atoms with E-state index in [-0.39, 0.29) is 0 Å². The Balaban J connectivity index is 2.10. The number of hydrogen-bond donors (Lipinski definition) is 0. The molecule has 2 atom stereocenters. The highest BCUT2D eigenvalue weighted by atomic mass is 15.3. The van der Waals surface area contributed by atoms with Gasteiger partial charge >= 0.3 is 0 Å². The zero-order valence-electron chi connectivity index (χ0n) is 10.2. The van der Waals surface area contributed by atoms with Crippen LogP contribution in [0.1, 0.15) is 59.8 Å². The van der Waals surface area contributed by atoms with Crippen LogP contribution in [0.15, 0.2) is 0 Å². The van der Waals surface area contributed by atoms with E-state index in [0.717, 1.165) is 18.0 Å². The molecule has 82 valence electrons. The molecule has 2 fully saturated rings. The second kappa shape index (κ2) is 3.52. The van der Waals surface area contributed by atoms with Gasteiger partial charge in [-0.25, -0.2) is 0 Å². The van der Waals surface area contributed by atoms with Gasteiger partial charge in [-0.05, 0) is 52.4 Å². The summed E-state index contributed by atoms with van der Waals surface area (Å²) >= 11 is 0. The molecule has 0 saturated carbocycles. The molecule has 0 aliphatic carbocycles. The molecule has 2 aliphatic heterocycles. The lowest BCUT2D eigenvalue weighted by Gasteiger charge is -2.46. The Hall–Kier alpha value is -0.0400. The Kier molecular flexibility index (Phi) is 2.63. The number of nitrogens with zero attached hydrogens (tertiary/aromatic N) is 1. The fourth-order valence-electron chi connectivity index (χ4n) is 3.72. The van der Waals surface area contributed by atoms with Crippen LogP contribution in [0.3, 0.4) is 0 Å². The maximum absolute atomic E-state index is 2.80. The van der Waals surface area contributed by atoms with Crippen LogP contribution in [0.25, 0.3) is 0 Å². The first-order valence-electron chi connectivity index (χ1n) is 6.30. The molecule has 14 heavy (non-hydrogen) atoms. The van der Waals surface area contributed by atoms with Gasteiger partial charge in [0.15, 0.2) is 0 Å². The van der Waals surface area contributed by atoms with Crippen molar-refractivity contribution in [2.45, 2.75) is 77.4 Å². The topological polar surface area (TPSA) is 3.24 Å². The fourth-order valence-corrected chi connectivity index (χ4v) is 3.72. The van der Waals surface area contributed by atoms with Crippen LogP contribution in [0.2, 0.25) is 0 Å². The lowest BCUT2D eigenvalue weighted by Crippen LogP contribution is -2.52. The summed E-state index contributed by atoms with van der Waals surface area (Å²) in [5.74, 6) is 1.02. The van der Waals surface area contributed by atoms with E-state index in [1.165, 1.54) is 32.1 Å². The Labute approximate surface area is 88.9 Å². The SMILES string of the molecule is CCC1C[C@@H]2CC[C@@H](C1)N2C(C)(C)C. The van der Waals surface area contributed by atoms with Crippen LogP contribution in [0, 0.1) is 5.92 Å². The number of rotatable bonds is 1. The van der Waals surface area contributed by atoms with Crippen molar-refractivity contribution < 1.29 is 0 Å². The molecule has 0 aromatic heterocycles. The van der Waals surface area contributed by atoms with Crippen LogP contribution >= 0.6 is 0 Å². The number of fused-ring (bicyclic) bond motifs is 2. The third-order valence-corrected chi connectivity index (χ3v) is 4.18. The maximum Gasteiger partial charge on any atom is 0.0130 e. The summed E-state index contributed by atoms with van der Waals surface area (Å²) in [6, 6.07) is 1.80. The van der Waals surface area contributed by atoms with Gasteiger partial charge in [0, 0.05) is 17.6 Å². The molecule has 0 radical (unpaired) electrons. The second-order valence-corrected chi connectivity index (χ2v) is 6.21. The van der Waals surface area contributed by atoms with Crippen molar-refractivity contribution in [3.05, 3.63) is 0 Å². The normalized spacial score (nSPS) is 39.0. The molecule has 2 bridgehead atoms. The standard InChI is InChI=1S/C13H25N/c1-5-10-8-11-6-7-12(9-10)14(11)13(2,3)4/h10-12H,5-9H2,1-4H3/t11-,12-/m0/s1. The summed E-state index contributed by atoms with van der Waals surface area (Å²) in [5, 5.41) is 0. The molecule has 0 N–H and O–H groups in total. The van der Waals surface area contributed by atoms with Crippen LogP contribution in [0.5, 0.6) is 0 Å². The molecule has 1 heteroatoms. The number of piperidine rings is 1. The Morgan fingerprint density at radius 1 is 1.07 bits per heavy atom. The molecule has 0 aromatic rings. The van der Waals surface area contributed by atoms with Crippen LogP contribution in [-0.2, 0) is 0 Å². The van der Waals surface area contributed by atoms with E-state index in [9.17, 15) is 0 Å². The quantitative estimate of drug-likeness (QED) is 0.619. The van der Waals surface area contributed by atoms with E-state index in [4.69, 9.17) is 0 Å². The van der Waals surface area contributed by atoms with E-state index < -0.39 is 0 Å². The van der Waals surface area contributed by atoms with Gasteiger partial charge < -0.3 is 0 Å². The minimum Gasteiger partial charge on any atom is -0.293 e. The third-order valence-electron chi connectivity index (χ3n) is 4.18. The second-order valence-electron chi connectivity index (χ2n) is 6.21. The molecule has 0 amide bonds. The molecule has 2 aliphatic rings. The zero-order chi connectivity index (χ0) is 10.3. The first-order valence-corrected chi connectivity index (χ1v) is 6.30. The van der Waals surface area contributed by atoms with Crippen molar-refractivity contribution in [3.63, 3.8) is 0 Å². The third kappa shape index (κ3) is 1.71. The fraction of sp³-hybridized carbons (Fsp3) is 1.00. The highest BCUT2D eigenvalue weighted by Crippen LogP contribution is 2.43. The lowest BCUT2D eigenvalue weighted by molar-refractivity contribution is 0.0215. The molecular formula is C13H25N. The smallest absolute Gasteiger partial charge is 0.0130 e. The Bertz CT molecular complexity index is 190. The molecular weight excluding hydrogens is 170 g/mol. The maximum atomic E-state index is 2.80. The summed E-state index contributed by atoms with van der Waals surface area (Å²) in [6.07, 6.45) is 7.23. The molecule has 2 saturated heterocycles. The first kappa shape index (κ1) is 10.5. The van der Waals surface area contributed by atoms with E-state index in [1.807, 2.05) is 0 Å². The minimum absolute atomic E-state index is 0.393. The van der Waals surface area contributed by atoms with Crippen LogP contribution in [-0.4, -0.2) is 22.5 Å². The molecule has 2 rings (SSSR count). The molecule has 0 unspecified atom stereocenters. The molecule has 1 nitrogen and oxygen atoms in total. The van der Waals surface area contributed by atoms with Crippen molar-refractivity contribution in [1.82, 2.24) is 4.90 Å². The predicted molar refractivity (Wildman–Crippen MR) is 61.4 cm³/mol. The van der Waals surface area contributed by atoms with Crippen LogP contribution < -0.4 is 0 Å². The first-order chi connectivity index (χ1) is 6.52. The van der Waals surface area contributed by atoms with Crippen molar-refractivity contribution in [2.24, 2.45) is 5.92 Å². The summed E-state index contributed by atoms with van der Waals surface area (Å²) in [6.45, 7) is 9.50. The summed E-state index contributed by atoms with van der Waals surface area (Å²) in [7, 11) is 0. The summed E-state index contributed by atoms with van der Waals surface area (Å²) in [4.78, 5) is 2.80. The summed E-state index contributed by atoms with van der Waals surface area (Å²) in [5.41, 5.74) is 0.393. The van der Waals surface area contributed by atoms with Gasteiger partial charge in [-0.1, -0.05) is 13.3 Å². The van der Waals surface area contributed by atoms with E-state index >= 15 is 0 Å². The highest BCUT2D eigenvalue weighted by molar-refractivity contribution is 4.99. The average Bonchev–Trinajstić information content (AvgIpc) is 2.38. The van der Waals surface area contributed by atoms with E-state index in [0.29, 0.717) is 5.54 Å². The van der Waals surface area contributed by atoms with Gasteiger partial charge in [-0.2, -0.15) is 0 Å². The van der Waals surface area contributed by atoms with Crippen molar-refractivity contribution in [1.29, 1.82) is 0 Å².